The van der Waals surface area contributed by atoms with Crippen LogP contribution in [0.25, 0.3) is 0 Å². The molecule has 3 aliphatic carbocycles. The van der Waals surface area contributed by atoms with Crippen LogP contribution in [0.3, 0.4) is 0 Å². The van der Waals surface area contributed by atoms with Crippen molar-refractivity contribution in [1.82, 2.24) is 15.1 Å². The summed E-state index contributed by atoms with van der Waals surface area (Å²) in [7, 11) is 0. The van der Waals surface area contributed by atoms with Gasteiger partial charge in [-0.2, -0.15) is 0 Å². The van der Waals surface area contributed by atoms with Gasteiger partial charge in [0.1, 0.15) is 6.67 Å². The molecule has 0 aromatic heterocycles. The van der Waals surface area contributed by atoms with Crippen molar-refractivity contribution in [2.75, 3.05) is 19.8 Å². The van der Waals surface area contributed by atoms with Gasteiger partial charge in [0.25, 0.3) is 0 Å². The first-order chi connectivity index (χ1) is 11.2. The van der Waals surface area contributed by atoms with Gasteiger partial charge in [0.2, 0.25) is 11.8 Å². The van der Waals surface area contributed by atoms with Crippen molar-refractivity contribution in [3.8, 4) is 0 Å². The van der Waals surface area contributed by atoms with E-state index in [0.717, 1.165) is 45.2 Å². The molecule has 2 heterocycles. The van der Waals surface area contributed by atoms with Crippen LogP contribution < -0.4 is 5.32 Å². The highest BCUT2D eigenvalue weighted by molar-refractivity contribution is 6.06. The van der Waals surface area contributed by atoms with E-state index in [4.69, 9.17) is 0 Å². The second-order valence-corrected chi connectivity index (χ2v) is 7.13. The first-order valence-corrected chi connectivity index (χ1v) is 8.73. The number of fused-ring (bicyclic) bond motifs is 1. The van der Waals surface area contributed by atoms with Crippen LogP contribution >= 0.6 is 0 Å². The summed E-state index contributed by atoms with van der Waals surface area (Å²) in [5.74, 6) is -0.194. The van der Waals surface area contributed by atoms with Crippen molar-refractivity contribution in [2.24, 2.45) is 23.7 Å². The van der Waals surface area contributed by atoms with Gasteiger partial charge in [-0.1, -0.05) is 12.2 Å². The molecule has 0 aromatic carbocycles. The Labute approximate surface area is 135 Å². The monoisotopic (exact) mass is 317 g/mol. The Morgan fingerprint density at radius 2 is 1.57 bits per heavy atom. The highest BCUT2D eigenvalue weighted by Crippen LogP contribution is 2.49. The molecule has 1 saturated carbocycles. The van der Waals surface area contributed by atoms with Crippen LogP contribution in [0.4, 0.5) is 4.79 Å². The van der Waals surface area contributed by atoms with Crippen molar-refractivity contribution in [2.45, 2.75) is 32.1 Å². The molecule has 0 spiro atoms. The molecule has 2 aliphatic heterocycles. The Balaban J connectivity index is 1.41. The van der Waals surface area contributed by atoms with E-state index in [1.807, 2.05) is 0 Å². The van der Waals surface area contributed by atoms with E-state index in [1.54, 1.807) is 4.90 Å². The Morgan fingerprint density at radius 3 is 2.09 bits per heavy atom. The van der Waals surface area contributed by atoms with Crippen LogP contribution in [0.5, 0.6) is 0 Å². The van der Waals surface area contributed by atoms with E-state index in [9.17, 15) is 14.4 Å². The highest BCUT2D eigenvalue weighted by atomic mass is 16.2. The van der Waals surface area contributed by atoms with E-state index >= 15 is 0 Å². The number of carbonyl (C=O) groups excluding carboxylic acids is 3. The summed E-state index contributed by atoms with van der Waals surface area (Å²) in [6.45, 7) is 1.53. The maximum atomic E-state index is 12.6. The Hall–Kier alpha value is -1.85. The average molecular weight is 317 g/mol. The lowest BCUT2D eigenvalue weighted by molar-refractivity contribution is -0.140. The van der Waals surface area contributed by atoms with Crippen LogP contribution in [0.2, 0.25) is 0 Å². The van der Waals surface area contributed by atoms with E-state index in [-0.39, 0.29) is 48.2 Å². The summed E-state index contributed by atoms with van der Waals surface area (Å²) in [5.41, 5.74) is 0. The molecule has 0 aromatic rings. The van der Waals surface area contributed by atoms with Crippen LogP contribution in [-0.4, -0.2) is 47.4 Å². The topological polar surface area (TPSA) is 69.7 Å². The van der Waals surface area contributed by atoms with Crippen LogP contribution in [0.1, 0.15) is 32.1 Å². The lowest BCUT2D eigenvalue weighted by atomic mass is 9.63. The van der Waals surface area contributed by atoms with Crippen LogP contribution in [-0.2, 0) is 9.59 Å². The van der Waals surface area contributed by atoms with Crippen LogP contribution in [0, 0.1) is 23.7 Å². The van der Waals surface area contributed by atoms with E-state index in [2.05, 4.69) is 17.5 Å². The van der Waals surface area contributed by atoms with Crippen LogP contribution in [0.15, 0.2) is 12.2 Å². The normalized spacial score (nSPS) is 35.7. The SMILES string of the molecule is O=C(NCN1C(=O)[C@@H]2[C@@H](C1=O)[C@H]1C=C[C@H]2CC1)N1CCCCC1. The second kappa shape index (κ2) is 5.65. The number of allylic oxidation sites excluding steroid dienone is 2. The summed E-state index contributed by atoms with van der Waals surface area (Å²) in [5, 5.41) is 2.77. The maximum absolute atomic E-state index is 12.6. The fourth-order valence-electron chi connectivity index (χ4n) is 4.65. The van der Waals surface area contributed by atoms with Crippen molar-refractivity contribution in [1.29, 1.82) is 0 Å². The van der Waals surface area contributed by atoms with Gasteiger partial charge in [-0.15, -0.1) is 0 Å². The second-order valence-electron chi connectivity index (χ2n) is 7.13. The molecule has 2 saturated heterocycles. The average Bonchev–Trinajstić information content (AvgIpc) is 2.88. The quantitative estimate of drug-likeness (QED) is 0.617. The number of nitrogens with one attached hydrogen (secondary N) is 1. The number of piperidine rings is 1. The molecule has 2 bridgehead atoms. The Morgan fingerprint density at radius 1 is 1.00 bits per heavy atom. The number of amides is 4. The van der Waals surface area contributed by atoms with Gasteiger partial charge in [-0.05, 0) is 43.9 Å². The highest BCUT2D eigenvalue weighted by Gasteiger charge is 2.56. The number of nitrogens with zero attached hydrogens (tertiary/aromatic N) is 2. The van der Waals surface area contributed by atoms with Gasteiger partial charge in [-0.25, -0.2) is 4.79 Å². The van der Waals surface area contributed by atoms with Gasteiger partial charge in [0, 0.05) is 13.1 Å². The third kappa shape index (κ3) is 2.35. The molecule has 5 rings (SSSR count). The molecule has 4 atom stereocenters. The molecule has 0 radical (unpaired) electrons. The first-order valence-electron chi connectivity index (χ1n) is 8.73. The smallest absolute Gasteiger partial charge is 0.318 e. The van der Waals surface area contributed by atoms with Gasteiger partial charge < -0.3 is 10.2 Å². The zero-order valence-electron chi connectivity index (χ0n) is 13.2. The third-order valence-electron chi connectivity index (χ3n) is 5.88. The fraction of sp³-hybridized carbons (Fsp3) is 0.706. The van der Waals surface area contributed by atoms with Crippen molar-refractivity contribution in [3.05, 3.63) is 12.2 Å². The molecule has 5 aliphatic rings. The molecule has 0 unspecified atom stereocenters. The minimum absolute atomic E-state index is 0.0133. The largest absolute Gasteiger partial charge is 0.325 e. The van der Waals surface area contributed by atoms with Gasteiger partial charge in [0.05, 0.1) is 11.8 Å². The summed E-state index contributed by atoms with van der Waals surface area (Å²) in [6, 6.07) is -0.165. The molecule has 6 nitrogen and oxygen atoms in total. The number of imide groups is 1. The molecule has 124 valence electrons. The number of rotatable bonds is 2. The number of hydrogen-bond acceptors (Lipinski definition) is 3. The van der Waals surface area contributed by atoms with Gasteiger partial charge in [-0.3, -0.25) is 14.5 Å². The number of urea groups is 1. The minimum atomic E-state index is -0.196. The molecule has 6 heteroatoms. The third-order valence-corrected chi connectivity index (χ3v) is 5.88. The Bertz CT molecular complexity index is 535. The standard InChI is InChI=1S/C17H23N3O3/c21-15-13-11-4-5-12(7-6-11)14(13)16(22)20(15)10-18-17(23)19-8-2-1-3-9-19/h4-5,11-14H,1-3,6-10H2,(H,18,23)/t11-,12-,13-,14-/m0/s1. The van der Waals surface area contributed by atoms with Gasteiger partial charge in [0.15, 0.2) is 0 Å². The molecule has 1 N–H and O–H groups in total. The molecule has 23 heavy (non-hydrogen) atoms. The summed E-state index contributed by atoms with van der Waals surface area (Å²) in [4.78, 5) is 40.5. The lowest BCUT2D eigenvalue weighted by Crippen LogP contribution is -2.48. The Kier molecular flexibility index (Phi) is 3.62. The first kappa shape index (κ1) is 14.7. The predicted octanol–water partition coefficient (Wildman–Crippen LogP) is 1.34. The number of carbonyl (C=O) groups is 3. The van der Waals surface area contributed by atoms with Gasteiger partial charge >= 0.3 is 6.03 Å². The minimum Gasteiger partial charge on any atom is -0.325 e. The molecular formula is C17H23N3O3. The van der Waals surface area contributed by atoms with E-state index < -0.39 is 0 Å². The van der Waals surface area contributed by atoms with E-state index in [0.29, 0.717) is 0 Å². The zero-order valence-corrected chi connectivity index (χ0v) is 13.2. The lowest BCUT2D eigenvalue weighted by Gasteiger charge is -2.38. The number of likely N-dealkylation sites (tertiary alicyclic amines) is 2. The van der Waals surface area contributed by atoms with Crippen molar-refractivity contribution < 1.29 is 14.4 Å². The zero-order chi connectivity index (χ0) is 16.0. The molecule has 3 fully saturated rings. The number of hydrogen-bond donors (Lipinski definition) is 1. The summed E-state index contributed by atoms with van der Waals surface area (Å²) >= 11 is 0. The maximum Gasteiger partial charge on any atom is 0.318 e. The fourth-order valence-corrected chi connectivity index (χ4v) is 4.65. The summed E-state index contributed by atoms with van der Waals surface area (Å²) in [6.07, 6.45) is 9.41. The summed E-state index contributed by atoms with van der Waals surface area (Å²) < 4.78 is 0. The van der Waals surface area contributed by atoms with E-state index in [1.165, 1.54) is 4.90 Å². The molecular weight excluding hydrogens is 294 g/mol. The predicted molar refractivity (Wildman–Crippen MR) is 83.0 cm³/mol. The van der Waals surface area contributed by atoms with Crippen molar-refractivity contribution >= 4 is 17.8 Å². The molecule has 4 amide bonds. The van der Waals surface area contributed by atoms with Crippen molar-refractivity contribution in [3.63, 3.8) is 0 Å².